The van der Waals surface area contributed by atoms with Crippen LogP contribution in [0.2, 0.25) is 0 Å². The van der Waals surface area contributed by atoms with E-state index in [1.807, 2.05) is 45.9 Å². The Labute approximate surface area is 196 Å². The van der Waals surface area contributed by atoms with Crippen LogP contribution in [-0.2, 0) is 6.54 Å². The Hall–Kier alpha value is -3.19. The summed E-state index contributed by atoms with van der Waals surface area (Å²) < 4.78 is 1.94. The van der Waals surface area contributed by atoms with Gasteiger partial charge < -0.3 is 15.2 Å². The zero-order chi connectivity index (χ0) is 24.0. The van der Waals surface area contributed by atoms with Gasteiger partial charge in [-0.3, -0.25) is 14.9 Å². The number of nitrogens with two attached hydrogens (primary N) is 1. The van der Waals surface area contributed by atoms with Gasteiger partial charge in [0, 0.05) is 30.8 Å². The predicted octanol–water partition coefficient (Wildman–Crippen LogP) is 4.39. The molecule has 0 saturated heterocycles. The maximum atomic E-state index is 13.4. The highest BCUT2D eigenvalue weighted by Crippen LogP contribution is 2.23. The number of rotatable bonds is 10. The van der Waals surface area contributed by atoms with Gasteiger partial charge in [0.15, 0.2) is 0 Å². The number of nitrogens with one attached hydrogen (secondary N) is 1. The van der Waals surface area contributed by atoms with E-state index in [0.29, 0.717) is 55.1 Å². The van der Waals surface area contributed by atoms with Crippen molar-refractivity contribution in [2.75, 3.05) is 25.0 Å². The Morgan fingerprint density at radius 2 is 1.67 bits per heavy atom. The van der Waals surface area contributed by atoms with Gasteiger partial charge in [-0.2, -0.15) is 0 Å². The van der Waals surface area contributed by atoms with E-state index in [-0.39, 0.29) is 11.8 Å². The molecule has 0 radical (unpaired) electrons. The third kappa shape index (κ3) is 6.20. The maximum absolute atomic E-state index is 13.4. The molecule has 3 rings (SSSR count). The summed E-state index contributed by atoms with van der Waals surface area (Å²) in [6.45, 7) is 11.0. The van der Waals surface area contributed by atoms with E-state index in [9.17, 15) is 9.59 Å². The van der Waals surface area contributed by atoms with Crippen molar-refractivity contribution in [2.24, 2.45) is 17.6 Å². The van der Waals surface area contributed by atoms with E-state index in [1.54, 1.807) is 12.1 Å². The van der Waals surface area contributed by atoms with E-state index in [4.69, 9.17) is 5.73 Å². The molecule has 0 atom stereocenters. The van der Waals surface area contributed by atoms with E-state index < -0.39 is 0 Å². The normalized spacial score (nSPS) is 11.4. The molecule has 7 nitrogen and oxygen atoms in total. The van der Waals surface area contributed by atoms with Crippen LogP contribution < -0.4 is 11.1 Å². The smallest absolute Gasteiger partial charge is 0.257 e. The molecular weight excluding hydrogens is 414 g/mol. The number of carbonyl (C=O) groups is 2. The molecule has 0 unspecified atom stereocenters. The largest absolute Gasteiger partial charge is 0.338 e. The number of fused-ring (bicyclic) bond motifs is 1. The first kappa shape index (κ1) is 24.5. The minimum atomic E-state index is -0.226. The molecule has 176 valence electrons. The number of nitrogens with zero attached hydrogens (tertiary/aromatic N) is 3. The lowest BCUT2D eigenvalue weighted by atomic mass is 10.1. The van der Waals surface area contributed by atoms with Gasteiger partial charge in [-0.1, -0.05) is 45.9 Å². The highest BCUT2D eigenvalue weighted by atomic mass is 16.2. The van der Waals surface area contributed by atoms with Crippen molar-refractivity contribution in [3.63, 3.8) is 0 Å². The molecule has 7 heteroatoms. The first-order chi connectivity index (χ1) is 15.8. The maximum Gasteiger partial charge on any atom is 0.257 e. The average Bonchev–Trinajstić information content (AvgIpc) is 3.12. The standard InChI is InChI=1S/C26H35N5O2/c1-18(2)16-30(17-19(3)4)25(33)21-11-12-22-23(15-21)31(14-8-13-27)26(28-22)29-24(32)20-9-6-5-7-10-20/h5-7,9-12,15,18-19H,8,13-14,16-17,27H2,1-4H3,(H,28,29,32). The van der Waals surface area contributed by atoms with E-state index in [1.165, 1.54) is 0 Å². The lowest BCUT2D eigenvalue weighted by Gasteiger charge is -2.26. The van der Waals surface area contributed by atoms with Crippen LogP contribution in [0.5, 0.6) is 0 Å². The minimum Gasteiger partial charge on any atom is -0.338 e. The Morgan fingerprint density at radius 1 is 1.00 bits per heavy atom. The number of aromatic nitrogens is 2. The van der Waals surface area contributed by atoms with Gasteiger partial charge in [0.25, 0.3) is 11.8 Å². The summed E-state index contributed by atoms with van der Waals surface area (Å²) in [6.07, 6.45) is 0.727. The van der Waals surface area contributed by atoms with Crippen molar-refractivity contribution in [1.82, 2.24) is 14.5 Å². The third-order valence-electron chi connectivity index (χ3n) is 5.30. The van der Waals surface area contributed by atoms with Crippen molar-refractivity contribution in [3.05, 3.63) is 59.7 Å². The Morgan fingerprint density at radius 3 is 2.27 bits per heavy atom. The number of amides is 2. The summed E-state index contributed by atoms with van der Waals surface area (Å²) in [5.41, 5.74) is 8.48. The van der Waals surface area contributed by atoms with Gasteiger partial charge in [0.05, 0.1) is 11.0 Å². The summed E-state index contributed by atoms with van der Waals surface area (Å²) in [6, 6.07) is 14.6. The van der Waals surface area contributed by atoms with E-state index in [2.05, 4.69) is 38.0 Å². The molecule has 0 aliphatic rings. The fraction of sp³-hybridized carbons (Fsp3) is 0.423. The minimum absolute atomic E-state index is 0.0146. The zero-order valence-corrected chi connectivity index (χ0v) is 20.0. The van der Waals surface area contributed by atoms with E-state index >= 15 is 0 Å². The SMILES string of the molecule is CC(C)CN(CC(C)C)C(=O)c1ccc2nc(NC(=O)c3ccccc3)n(CCCN)c2c1. The van der Waals surface area contributed by atoms with Crippen LogP contribution in [0.1, 0.15) is 54.8 Å². The molecule has 2 aromatic carbocycles. The van der Waals surface area contributed by atoms with Crippen molar-refractivity contribution >= 4 is 28.8 Å². The Bertz CT molecular complexity index is 1080. The van der Waals surface area contributed by atoms with Gasteiger partial charge in [0.1, 0.15) is 0 Å². The lowest BCUT2D eigenvalue weighted by molar-refractivity contribution is 0.0715. The quantitative estimate of drug-likeness (QED) is 0.480. The van der Waals surface area contributed by atoms with Crippen molar-refractivity contribution in [3.8, 4) is 0 Å². The molecule has 3 N–H and O–H groups in total. The van der Waals surface area contributed by atoms with E-state index in [0.717, 1.165) is 17.5 Å². The molecule has 33 heavy (non-hydrogen) atoms. The molecule has 0 bridgehead atoms. The van der Waals surface area contributed by atoms with Gasteiger partial charge in [0.2, 0.25) is 5.95 Å². The van der Waals surface area contributed by atoms with Gasteiger partial charge in [-0.25, -0.2) is 4.98 Å². The molecule has 0 aliphatic heterocycles. The second-order valence-corrected chi connectivity index (χ2v) is 9.25. The number of aryl methyl sites for hydroxylation is 1. The van der Waals surface area contributed by atoms with Crippen molar-refractivity contribution in [2.45, 2.75) is 40.7 Å². The zero-order valence-electron chi connectivity index (χ0n) is 20.0. The predicted molar refractivity (Wildman–Crippen MR) is 133 cm³/mol. The summed E-state index contributed by atoms with van der Waals surface area (Å²) >= 11 is 0. The first-order valence-electron chi connectivity index (χ1n) is 11.7. The van der Waals surface area contributed by atoms with Gasteiger partial charge >= 0.3 is 0 Å². The monoisotopic (exact) mass is 449 g/mol. The van der Waals surface area contributed by atoms with Crippen LogP contribution in [0.25, 0.3) is 11.0 Å². The number of anilines is 1. The molecule has 0 aliphatic carbocycles. The molecule has 0 spiro atoms. The third-order valence-corrected chi connectivity index (χ3v) is 5.30. The van der Waals surface area contributed by atoms with Crippen LogP contribution in [-0.4, -0.2) is 45.9 Å². The van der Waals surface area contributed by atoms with Gasteiger partial charge in [-0.05, 0) is 55.1 Å². The average molecular weight is 450 g/mol. The summed E-state index contributed by atoms with van der Waals surface area (Å²) in [5, 5.41) is 2.93. The molecule has 1 heterocycles. The summed E-state index contributed by atoms with van der Waals surface area (Å²) in [4.78, 5) is 32.7. The van der Waals surface area contributed by atoms with Crippen molar-refractivity contribution < 1.29 is 9.59 Å². The molecule has 3 aromatic rings. The second kappa shape index (κ2) is 11.1. The van der Waals surface area contributed by atoms with Gasteiger partial charge in [-0.15, -0.1) is 0 Å². The van der Waals surface area contributed by atoms with Crippen LogP contribution in [0.3, 0.4) is 0 Å². The highest BCUT2D eigenvalue weighted by molar-refractivity contribution is 6.04. The fourth-order valence-electron chi connectivity index (χ4n) is 3.89. The van der Waals surface area contributed by atoms with Crippen LogP contribution in [0.4, 0.5) is 5.95 Å². The Kier molecular flexibility index (Phi) is 8.22. The molecular formula is C26H35N5O2. The Balaban J connectivity index is 1.96. The molecule has 2 amide bonds. The van der Waals surface area contributed by atoms with Crippen molar-refractivity contribution in [1.29, 1.82) is 0 Å². The lowest BCUT2D eigenvalue weighted by Crippen LogP contribution is -2.37. The fourth-order valence-corrected chi connectivity index (χ4v) is 3.89. The van der Waals surface area contributed by atoms with Crippen LogP contribution in [0, 0.1) is 11.8 Å². The first-order valence-corrected chi connectivity index (χ1v) is 11.7. The molecule has 0 saturated carbocycles. The molecule has 1 aromatic heterocycles. The van der Waals surface area contributed by atoms with Crippen LogP contribution >= 0.6 is 0 Å². The highest BCUT2D eigenvalue weighted by Gasteiger charge is 2.21. The molecule has 0 fully saturated rings. The summed E-state index contributed by atoms with van der Waals surface area (Å²) in [7, 11) is 0. The number of imidazole rings is 1. The summed E-state index contributed by atoms with van der Waals surface area (Å²) in [5.74, 6) is 1.01. The number of benzene rings is 2. The van der Waals surface area contributed by atoms with Crippen LogP contribution in [0.15, 0.2) is 48.5 Å². The second-order valence-electron chi connectivity index (χ2n) is 9.25. The number of hydrogen-bond acceptors (Lipinski definition) is 4. The number of carbonyl (C=O) groups excluding carboxylic acids is 2. The topological polar surface area (TPSA) is 93.2 Å². The number of hydrogen-bond donors (Lipinski definition) is 2.